The predicted molar refractivity (Wildman–Crippen MR) is 59.6 cm³/mol. The number of aromatic nitrogens is 1. The van der Waals surface area contributed by atoms with E-state index in [1.54, 1.807) is 6.20 Å². The smallest absolute Gasteiger partial charge is 0.0695 e. The lowest BCUT2D eigenvalue weighted by Crippen LogP contribution is -2.25. The van der Waals surface area contributed by atoms with E-state index in [1.165, 1.54) is 0 Å². The van der Waals surface area contributed by atoms with Crippen molar-refractivity contribution >= 4 is 12.7 Å². The molecule has 0 aliphatic heterocycles. The van der Waals surface area contributed by atoms with Crippen LogP contribution in [0.5, 0.6) is 0 Å². The lowest BCUT2D eigenvalue weighted by atomic mass is 10.3. The second-order valence-electron chi connectivity index (χ2n) is 2.24. The number of nitrogens with zero attached hydrogens (tertiary/aromatic N) is 1. The zero-order valence-corrected chi connectivity index (χ0v) is 8.62. The maximum absolute atomic E-state index is 4.15. The number of pyridine rings is 1. The van der Waals surface area contributed by atoms with Crippen molar-refractivity contribution in [1.82, 2.24) is 4.98 Å². The lowest BCUT2D eigenvalue weighted by Gasteiger charge is -1.83. The van der Waals surface area contributed by atoms with Crippen LogP contribution in [0.4, 0.5) is 0 Å². The summed E-state index contributed by atoms with van der Waals surface area (Å²) < 4.78 is 0. The van der Waals surface area contributed by atoms with Gasteiger partial charge in [0, 0.05) is 6.20 Å². The van der Waals surface area contributed by atoms with Crippen LogP contribution < -0.4 is 10.6 Å². The first-order valence-corrected chi connectivity index (χ1v) is 4.57. The molecule has 1 heteroatoms. The van der Waals surface area contributed by atoms with Gasteiger partial charge in [0.2, 0.25) is 0 Å². The Kier molecular flexibility index (Phi) is 6.52. The van der Waals surface area contributed by atoms with Gasteiger partial charge >= 0.3 is 0 Å². The van der Waals surface area contributed by atoms with Crippen molar-refractivity contribution in [1.29, 1.82) is 0 Å². The van der Waals surface area contributed by atoms with Crippen molar-refractivity contribution in [2.24, 2.45) is 0 Å². The van der Waals surface area contributed by atoms with E-state index in [1.807, 2.05) is 51.1 Å². The molecule has 1 rings (SSSR count). The van der Waals surface area contributed by atoms with Crippen LogP contribution in [0.1, 0.15) is 20.8 Å². The fourth-order valence-corrected chi connectivity index (χ4v) is 0.788. The molecule has 0 radical (unpaired) electrons. The van der Waals surface area contributed by atoms with Crippen molar-refractivity contribution in [2.45, 2.75) is 20.8 Å². The minimum atomic E-state index is 0.936. The number of hydrogen-bond acceptors (Lipinski definition) is 1. The van der Waals surface area contributed by atoms with Gasteiger partial charge in [0.15, 0.2) is 0 Å². The molecule has 0 spiro atoms. The highest BCUT2D eigenvalue weighted by atomic mass is 14.6. The molecule has 0 amide bonds. The van der Waals surface area contributed by atoms with Crippen LogP contribution in [-0.2, 0) is 0 Å². The highest BCUT2D eigenvalue weighted by Crippen LogP contribution is 1.70. The zero-order chi connectivity index (χ0) is 10.1. The third-order valence-electron chi connectivity index (χ3n) is 1.37. The van der Waals surface area contributed by atoms with Gasteiger partial charge < -0.3 is 0 Å². The molecular weight excluding hydrogens is 158 g/mol. The van der Waals surface area contributed by atoms with Crippen LogP contribution in [0.2, 0.25) is 0 Å². The zero-order valence-electron chi connectivity index (χ0n) is 8.62. The molecule has 0 aromatic carbocycles. The van der Waals surface area contributed by atoms with E-state index in [2.05, 4.69) is 11.6 Å². The maximum Gasteiger partial charge on any atom is 0.0695 e. The summed E-state index contributed by atoms with van der Waals surface area (Å²) in [7, 11) is 0. The summed E-state index contributed by atoms with van der Waals surface area (Å²) in [5, 5.41) is 1.90. The van der Waals surface area contributed by atoms with Gasteiger partial charge in [-0.3, -0.25) is 4.98 Å². The molecule has 70 valence electrons. The second-order valence-corrected chi connectivity index (χ2v) is 2.24. The van der Waals surface area contributed by atoms with Gasteiger partial charge in [-0.1, -0.05) is 38.6 Å². The quantitative estimate of drug-likeness (QED) is 0.635. The lowest BCUT2D eigenvalue weighted by molar-refractivity contribution is 1.23. The van der Waals surface area contributed by atoms with E-state index in [4.69, 9.17) is 0 Å². The van der Waals surface area contributed by atoms with Gasteiger partial charge in [0.1, 0.15) is 0 Å². The number of hydrogen-bond donors (Lipinski definition) is 0. The van der Waals surface area contributed by atoms with Crippen molar-refractivity contribution in [2.75, 3.05) is 0 Å². The van der Waals surface area contributed by atoms with Gasteiger partial charge in [-0.25, -0.2) is 0 Å². The molecule has 0 aliphatic carbocycles. The van der Waals surface area contributed by atoms with Crippen LogP contribution in [0.15, 0.2) is 30.5 Å². The minimum Gasteiger partial charge on any atom is -0.256 e. The van der Waals surface area contributed by atoms with Crippen molar-refractivity contribution < 1.29 is 0 Å². The second kappa shape index (κ2) is 7.29. The Hall–Kier alpha value is -1.37. The van der Waals surface area contributed by atoms with Gasteiger partial charge in [-0.15, -0.1) is 0 Å². The molecule has 1 aromatic rings. The molecule has 0 aliphatic rings. The first-order chi connectivity index (χ1) is 6.34. The molecule has 0 atom stereocenters. The highest BCUT2D eigenvalue weighted by Gasteiger charge is 1.77. The molecule has 0 saturated carbocycles. The molecule has 1 nitrogen and oxygen atoms in total. The maximum atomic E-state index is 4.15. The molecule has 1 aromatic heterocycles. The summed E-state index contributed by atoms with van der Waals surface area (Å²) in [6.45, 7) is 9.82. The van der Waals surface area contributed by atoms with Gasteiger partial charge in [0.25, 0.3) is 0 Å². The summed E-state index contributed by atoms with van der Waals surface area (Å²) in [4.78, 5) is 4.15. The van der Waals surface area contributed by atoms with E-state index in [9.17, 15) is 0 Å². The third kappa shape index (κ3) is 4.26. The van der Waals surface area contributed by atoms with E-state index in [0.29, 0.717) is 0 Å². The Morgan fingerprint density at radius 1 is 1.38 bits per heavy atom. The van der Waals surface area contributed by atoms with E-state index >= 15 is 0 Å². The number of allylic oxidation sites excluding steroid dienone is 2. The topological polar surface area (TPSA) is 12.9 Å². The van der Waals surface area contributed by atoms with Crippen LogP contribution in [-0.4, -0.2) is 4.98 Å². The first kappa shape index (κ1) is 11.6. The molecular formula is C12H17N. The summed E-state index contributed by atoms with van der Waals surface area (Å²) in [5.41, 5.74) is 0. The highest BCUT2D eigenvalue weighted by molar-refractivity contribution is 5.34. The average Bonchev–Trinajstić information content (AvgIpc) is 2.20. The van der Waals surface area contributed by atoms with E-state index < -0.39 is 0 Å². The average molecular weight is 175 g/mol. The molecule has 0 unspecified atom stereocenters. The molecule has 13 heavy (non-hydrogen) atoms. The van der Waals surface area contributed by atoms with Crippen LogP contribution in [0.25, 0.3) is 12.7 Å². The van der Waals surface area contributed by atoms with Gasteiger partial charge in [-0.05, 0) is 24.3 Å². The van der Waals surface area contributed by atoms with Gasteiger partial charge in [-0.2, -0.15) is 0 Å². The Morgan fingerprint density at radius 3 is 2.62 bits per heavy atom. The number of rotatable bonds is 1. The van der Waals surface area contributed by atoms with Crippen molar-refractivity contribution in [3.05, 3.63) is 41.0 Å². The fraction of sp³-hybridized carbons (Fsp3) is 0.250. The van der Waals surface area contributed by atoms with E-state index in [0.717, 1.165) is 10.6 Å². The van der Waals surface area contributed by atoms with Crippen molar-refractivity contribution in [3.63, 3.8) is 0 Å². The Labute approximate surface area is 80.1 Å². The molecule has 0 saturated heterocycles. The molecule has 0 fully saturated rings. The Morgan fingerprint density at radius 2 is 2.08 bits per heavy atom. The minimum absolute atomic E-state index is 0.936. The monoisotopic (exact) mass is 175 g/mol. The summed E-state index contributed by atoms with van der Waals surface area (Å²) in [5.74, 6) is 0. The summed E-state index contributed by atoms with van der Waals surface area (Å²) in [6.07, 6.45) is 7.64. The molecule has 0 N–H and O–H groups in total. The third-order valence-corrected chi connectivity index (χ3v) is 1.37. The van der Waals surface area contributed by atoms with Crippen molar-refractivity contribution in [3.8, 4) is 0 Å². The SMILES string of the molecule is C=c1cccn/c1=C/C=C\C.CC. The Bertz CT molecular complexity index is 350. The molecule has 1 heterocycles. The predicted octanol–water partition coefficient (Wildman–Crippen LogP) is 1.87. The van der Waals surface area contributed by atoms with Crippen LogP contribution in [0.3, 0.4) is 0 Å². The summed E-state index contributed by atoms with van der Waals surface area (Å²) >= 11 is 0. The first-order valence-electron chi connectivity index (χ1n) is 4.57. The standard InChI is InChI=1S/C10H11N.C2H6/c1-3-4-7-10-9(2)6-5-8-11-10;1-2/h3-8H,2H2,1H3;1-2H3/b4-3-,10-7+;. The van der Waals surface area contributed by atoms with E-state index in [-0.39, 0.29) is 0 Å². The summed E-state index contributed by atoms with van der Waals surface area (Å²) in [6, 6.07) is 3.83. The fourth-order valence-electron chi connectivity index (χ4n) is 0.788. The van der Waals surface area contributed by atoms with Crippen LogP contribution in [0, 0.1) is 0 Å². The van der Waals surface area contributed by atoms with Gasteiger partial charge in [0.05, 0.1) is 5.35 Å². The molecule has 0 bridgehead atoms. The Balaban J connectivity index is 0.000000671. The normalized spacial score (nSPS) is 11.2. The largest absolute Gasteiger partial charge is 0.256 e. The van der Waals surface area contributed by atoms with Crippen LogP contribution >= 0.6 is 0 Å².